The Balaban J connectivity index is 0.000000295. The minimum Gasteiger partial charge on any atom is -0.394 e. The summed E-state index contributed by atoms with van der Waals surface area (Å²) in [4.78, 5) is 77.5. The van der Waals surface area contributed by atoms with E-state index in [-0.39, 0.29) is 67.0 Å². The number of methoxy groups -OCH3 is 2. The molecular weight excluding hydrogens is 1300 g/mol. The fourth-order valence-electron chi connectivity index (χ4n) is 12.2. The van der Waals surface area contributed by atoms with Gasteiger partial charge >= 0.3 is 27.0 Å². The monoisotopic (exact) mass is 1390 g/mol. The molecule has 5 N–H and O–H groups in total. The van der Waals surface area contributed by atoms with E-state index in [1.807, 2.05) is 27.2 Å². The summed E-state index contributed by atoms with van der Waals surface area (Å²) in [5.74, 6) is -2.64. The second kappa shape index (κ2) is 35.7. The first kappa shape index (κ1) is 79.0. The van der Waals surface area contributed by atoms with Gasteiger partial charge in [-0.2, -0.15) is 32.1 Å². The smallest absolute Gasteiger partial charge is 0.394 e. The topological polar surface area (TPSA) is 344 Å². The van der Waals surface area contributed by atoms with Gasteiger partial charge in [-0.25, -0.2) is 14.0 Å². The summed E-state index contributed by atoms with van der Waals surface area (Å²) >= 11 is 0. The number of halogens is 4. The number of amides is 2. The molecule has 31 heteroatoms. The van der Waals surface area contributed by atoms with Gasteiger partial charge in [0.25, 0.3) is 22.9 Å². The first-order valence-corrected chi connectivity index (χ1v) is 34.1. The largest absolute Gasteiger partial charge is 0.522 e. The minimum absolute atomic E-state index is 0.143. The summed E-state index contributed by atoms with van der Waals surface area (Å²) in [5.41, 5.74) is -4.51. The normalized spacial score (nSPS) is 20.7. The molecule has 26 nitrogen and oxygen atoms in total. The maximum atomic E-state index is 13.9. The highest BCUT2D eigenvalue weighted by molar-refractivity contribution is 7.86. The predicted octanol–water partition coefficient (Wildman–Crippen LogP) is 7.03. The number of nitrogens with zero attached hydrogens (tertiary/aromatic N) is 7. The highest BCUT2D eigenvalue weighted by atomic mass is 32.2. The van der Waals surface area contributed by atoms with Crippen molar-refractivity contribution in [2.75, 3.05) is 61.7 Å². The molecule has 2 aromatic heterocycles. The summed E-state index contributed by atoms with van der Waals surface area (Å²) in [6.07, 6.45) is 15.0. The quantitative estimate of drug-likeness (QED) is 0.00998. The van der Waals surface area contributed by atoms with Crippen LogP contribution in [0.25, 0.3) is 0 Å². The lowest BCUT2D eigenvalue weighted by molar-refractivity contribution is -0.282. The van der Waals surface area contributed by atoms with Crippen LogP contribution in [-0.2, 0) is 51.6 Å². The van der Waals surface area contributed by atoms with Crippen molar-refractivity contribution >= 4 is 27.6 Å². The van der Waals surface area contributed by atoms with Crippen LogP contribution >= 0.6 is 0 Å². The Bertz CT molecular complexity index is 3770. The Hall–Kier alpha value is -7.01. The Morgan fingerprint density at radius 1 is 0.691 bits per heavy atom. The van der Waals surface area contributed by atoms with E-state index in [0.717, 1.165) is 113 Å². The number of aliphatic hydroxyl groups is 2. The van der Waals surface area contributed by atoms with E-state index in [0.29, 0.717) is 65.5 Å². The molecule has 4 heterocycles. The zero-order valence-electron chi connectivity index (χ0n) is 56.1. The van der Waals surface area contributed by atoms with Crippen LogP contribution in [0.5, 0.6) is 0 Å². The molecule has 6 atom stereocenters. The number of hydrogen-bond acceptors (Lipinski definition) is 18. The van der Waals surface area contributed by atoms with Crippen molar-refractivity contribution in [3.63, 3.8) is 0 Å². The van der Waals surface area contributed by atoms with Crippen LogP contribution in [0.15, 0.2) is 68.0 Å². The summed E-state index contributed by atoms with van der Waals surface area (Å²) < 4.78 is 114. The second-order valence-electron chi connectivity index (χ2n) is 25.6. The third-order valence-electron chi connectivity index (χ3n) is 17.7. The van der Waals surface area contributed by atoms with Crippen LogP contribution in [0.1, 0.15) is 184 Å². The number of quaternary nitrogens is 1. The number of rotatable bonds is 27. The molecule has 4 fully saturated rings. The lowest BCUT2D eigenvalue weighted by Crippen LogP contribution is -2.45. The van der Waals surface area contributed by atoms with Gasteiger partial charge in [0.05, 0.1) is 52.1 Å². The summed E-state index contributed by atoms with van der Waals surface area (Å²) in [7, 11) is 3.49. The van der Waals surface area contributed by atoms with Crippen molar-refractivity contribution in [1.29, 1.82) is 10.5 Å². The summed E-state index contributed by atoms with van der Waals surface area (Å²) in [5, 5.41) is 43.4. The molecule has 2 aliphatic heterocycles. The predicted molar refractivity (Wildman–Crippen MR) is 347 cm³/mol. The number of aryl methyl sites for hydroxylation is 2. The zero-order valence-corrected chi connectivity index (χ0v) is 56.9. The first-order valence-electron chi connectivity index (χ1n) is 32.7. The van der Waals surface area contributed by atoms with Crippen molar-refractivity contribution in [2.45, 2.75) is 209 Å². The van der Waals surface area contributed by atoms with Crippen LogP contribution < -0.4 is 37.6 Å². The number of aromatic nitrogens is 4. The Kier molecular flexibility index (Phi) is 29.0. The van der Waals surface area contributed by atoms with E-state index in [2.05, 4.69) is 16.7 Å². The van der Waals surface area contributed by atoms with Gasteiger partial charge < -0.3 is 49.3 Å². The van der Waals surface area contributed by atoms with E-state index >= 15 is 0 Å². The van der Waals surface area contributed by atoms with E-state index in [1.54, 1.807) is 57.0 Å². The fourth-order valence-corrected chi connectivity index (χ4v) is 12.2. The molecule has 2 saturated carbocycles. The van der Waals surface area contributed by atoms with Crippen LogP contribution in [0.4, 0.5) is 23.2 Å². The van der Waals surface area contributed by atoms with Crippen LogP contribution in [0, 0.1) is 42.3 Å². The van der Waals surface area contributed by atoms with Crippen LogP contribution in [-0.4, -0.2) is 156 Å². The van der Waals surface area contributed by atoms with Gasteiger partial charge in [-0.05, 0) is 95.5 Å². The number of hydrogen-bond donors (Lipinski definition) is 5. The van der Waals surface area contributed by atoms with Crippen LogP contribution in [0.3, 0.4) is 0 Å². The molecule has 2 aliphatic carbocycles. The number of nitrogens with one attached hydrogen (secondary N) is 2. The van der Waals surface area contributed by atoms with Gasteiger partial charge in [-0.1, -0.05) is 38.5 Å². The highest BCUT2D eigenvalue weighted by Gasteiger charge is 2.47. The lowest BCUT2D eigenvalue weighted by atomic mass is 9.93. The molecule has 8 rings (SSSR count). The van der Waals surface area contributed by atoms with Crippen molar-refractivity contribution in [2.24, 2.45) is 0 Å². The van der Waals surface area contributed by atoms with Gasteiger partial charge in [0.1, 0.15) is 53.9 Å². The molecule has 536 valence electrons. The molecule has 97 heavy (non-hydrogen) atoms. The lowest BCUT2D eigenvalue weighted by Gasteiger charge is -2.40. The molecule has 6 unspecified atom stereocenters. The van der Waals surface area contributed by atoms with Crippen molar-refractivity contribution in [3.05, 3.63) is 130 Å². The third kappa shape index (κ3) is 21.5. The van der Waals surface area contributed by atoms with Gasteiger partial charge in [0.15, 0.2) is 11.6 Å². The number of carbonyl (C=O) groups excluding carboxylic acids is 2. The first-order chi connectivity index (χ1) is 45.8. The number of unbranched alkanes of at least 4 members (excludes halogenated alkanes) is 6. The maximum absolute atomic E-state index is 13.9. The fraction of sp³-hybridized carbons (Fsp3) is 0.636. The van der Waals surface area contributed by atoms with Gasteiger partial charge in [0, 0.05) is 120 Å². The number of carbonyl (C=O) groups is 2. The molecule has 2 amide bonds. The zero-order chi connectivity index (χ0) is 71.5. The summed E-state index contributed by atoms with van der Waals surface area (Å²) in [6, 6.07) is 12.7. The standard InChI is InChI=1S/C41H61N5O8.C24H29FN4O6.CHF3O3S/c1-30-28-45(36-26-34(54-41(51-6)21-13-10-14-22-41)35(53-36)29-52-40(50-5)19-11-9-12-20-40)39(49)44(38(30)48)24-16-8-7-15-23-43-37(47)31-17-18-33(46(2,3)4)32(25-31)27-42;1-15-13-29(21-11-19(31)20(14-30)35-21)24(34)28(23(15)33)9-5-3-2-4-8-27-22(32)16-6-7-18(25)17(10-16)12-26;2-1(3,4)8(5,6)7/h17-18,25,28,34-36H,7-16,19-24,26,29H2,1-6H3;6-7,10,13,19-21,30-31H,2-5,8-9,11,14H2,1H3,(H,27,32);(H,5,6,7)/p+1/i;25-1;. The molecule has 4 aliphatic rings. The van der Waals surface area contributed by atoms with E-state index in [1.165, 1.54) is 27.5 Å². The van der Waals surface area contributed by atoms with E-state index in [4.69, 9.17) is 46.7 Å². The Labute approximate surface area is 560 Å². The SMILES string of the molecule is COC1(OCC2OC(n3cc(C)c(=O)n(CCCCCCNC(=O)c4ccc([N+](C)(C)C)c(C#N)c4)c3=O)CC2OC2(OC)CCCCC2)CCCCC1.Cc1cn(C2CC(O)C(CO)O2)c(=O)n(CCCCCCNC(=O)c2ccc([18F])c(C#N)c2)c1=O.O=S(=O)(O)C(F)(F)F. The van der Waals surface area contributed by atoms with Crippen molar-refractivity contribution in [1.82, 2.24) is 33.4 Å². The molecule has 4 aromatic rings. The molecule has 0 spiro atoms. The average molecular weight is 1390 g/mol. The number of ether oxygens (including phenoxy) is 6. The van der Waals surface area contributed by atoms with Gasteiger partial charge in [-0.15, -0.1) is 0 Å². The summed E-state index contributed by atoms with van der Waals surface area (Å²) in [6.45, 7) is 4.60. The maximum Gasteiger partial charge on any atom is 0.522 e. The molecule has 2 saturated heterocycles. The molecule has 2 aromatic carbocycles. The molecule has 0 bridgehead atoms. The number of aliphatic hydroxyl groups excluding tert-OH is 2. The third-order valence-corrected chi connectivity index (χ3v) is 18.3. The number of nitriles is 2. The highest BCUT2D eigenvalue weighted by Crippen LogP contribution is 2.41. The number of benzene rings is 2. The van der Waals surface area contributed by atoms with E-state index < -0.39 is 81.1 Å². The second-order valence-corrected chi connectivity index (χ2v) is 27.1. The molecular formula is C66H92F4N9O17S+. The van der Waals surface area contributed by atoms with Crippen molar-refractivity contribution in [3.8, 4) is 12.1 Å². The van der Waals surface area contributed by atoms with Gasteiger partial charge in [0.2, 0.25) is 0 Å². The Morgan fingerprint density at radius 3 is 1.58 bits per heavy atom. The molecule has 0 radical (unpaired) electrons. The number of alkyl halides is 3. The van der Waals surface area contributed by atoms with Crippen LogP contribution in [0.2, 0.25) is 0 Å². The van der Waals surface area contributed by atoms with Gasteiger partial charge in [-0.3, -0.25) is 46.5 Å². The Morgan fingerprint density at radius 2 is 1.13 bits per heavy atom. The minimum atomic E-state index is -5.84. The average Bonchev–Trinajstić information content (AvgIpc) is 1.73. The van der Waals surface area contributed by atoms with E-state index in [9.17, 15) is 61.8 Å². The van der Waals surface area contributed by atoms with Crippen molar-refractivity contribution < 1.29 is 78.8 Å².